The minimum atomic E-state index is -0.0499. The minimum Gasteiger partial charge on any atom is -0.481 e. The van der Waals surface area contributed by atoms with Gasteiger partial charge in [0, 0.05) is 31.8 Å². The summed E-state index contributed by atoms with van der Waals surface area (Å²) in [6.07, 6.45) is 7.44. The number of hydrogen-bond donors (Lipinski definition) is 0. The van der Waals surface area contributed by atoms with E-state index in [2.05, 4.69) is 15.1 Å². The smallest absolute Gasteiger partial charge is 0.255 e. The average molecular weight is 372 g/mol. The molecular weight excluding hydrogens is 348 g/mol. The summed E-state index contributed by atoms with van der Waals surface area (Å²) in [5.74, 6) is 1.81. The molecule has 8 heteroatoms. The molecule has 1 saturated heterocycles. The fraction of sp³-hybridized carbons (Fsp3) is 0.579. The van der Waals surface area contributed by atoms with Crippen molar-refractivity contribution in [1.82, 2.24) is 20.0 Å². The summed E-state index contributed by atoms with van der Waals surface area (Å²) in [6, 6.07) is 3.40. The number of likely N-dealkylation sites (tertiary alicyclic amines) is 1. The lowest BCUT2D eigenvalue weighted by Gasteiger charge is -2.37. The van der Waals surface area contributed by atoms with Gasteiger partial charge in [0.2, 0.25) is 11.8 Å². The van der Waals surface area contributed by atoms with E-state index in [4.69, 9.17) is 14.0 Å². The number of ether oxygens (including phenoxy) is 2. The van der Waals surface area contributed by atoms with Crippen molar-refractivity contribution in [1.29, 1.82) is 0 Å². The van der Waals surface area contributed by atoms with Gasteiger partial charge in [0.15, 0.2) is 5.82 Å². The van der Waals surface area contributed by atoms with Crippen molar-refractivity contribution >= 4 is 5.91 Å². The molecular formula is C19H24N4O4. The second-order valence-corrected chi connectivity index (χ2v) is 7.07. The Bertz CT molecular complexity index is 764. The van der Waals surface area contributed by atoms with Crippen LogP contribution in [0.1, 0.15) is 53.7 Å². The zero-order valence-electron chi connectivity index (χ0n) is 15.5. The molecule has 2 aliphatic rings. The predicted molar refractivity (Wildman–Crippen MR) is 95.6 cm³/mol. The molecule has 1 amide bonds. The third-order valence-electron chi connectivity index (χ3n) is 5.18. The molecule has 1 aliphatic heterocycles. The molecule has 3 heterocycles. The number of hydrogen-bond acceptors (Lipinski definition) is 7. The third kappa shape index (κ3) is 4.10. The summed E-state index contributed by atoms with van der Waals surface area (Å²) in [6.45, 7) is 1.78. The normalized spacial score (nSPS) is 17.9. The number of pyridine rings is 1. The number of amides is 1. The van der Waals surface area contributed by atoms with Gasteiger partial charge in [-0.25, -0.2) is 4.98 Å². The van der Waals surface area contributed by atoms with Gasteiger partial charge in [0.05, 0.1) is 31.3 Å². The standard InChI is InChI=1S/C19H24N4O4/c1-25-17-7-6-13(10-20-17)19(24)23-11-14(12-23)18-21-16(22-27-18)8-9-26-15-4-2-3-5-15/h6-7,10,14-15H,2-5,8-9,11-12H2,1H3. The quantitative estimate of drug-likeness (QED) is 0.736. The third-order valence-corrected chi connectivity index (χ3v) is 5.18. The molecule has 2 fully saturated rings. The van der Waals surface area contributed by atoms with Crippen molar-refractivity contribution in [2.45, 2.75) is 44.1 Å². The maximum atomic E-state index is 12.4. The van der Waals surface area contributed by atoms with E-state index in [0.717, 1.165) is 12.8 Å². The molecule has 0 atom stereocenters. The Labute approximate surface area is 157 Å². The maximum Gasteiger partial charge on any atom is 0.255 e. The van der Waals surface area contributed by atoms with Gasteiger partial charge in [-0.15, -0.1) is 0 Å². The monoisotopic (exact) mass is 372 g/mol. The summed E-state index contributed by atoms with van der Waals surface area (Å²) in [5.41, 5.74) is 0.546. The van der Waals surface area contributed by atoms with Crippen LogP contribution >= 0.6 is 0 Å². The highest BCUT2D eigenvalue weighted by Gasteiger charge is 2.36. The van der Waals surface area contributed by atoms with Crippen molar-refractivity contribution in [2.24, 2.45) is 0 Å². The molecule has 1 saturated carbocycles. The van der Waals surface area contributed by atoms with E-state index in [1.54, 1.807) is 24.1 Å². The highest BCUT2D eigenvalue weighted by molar-refractivity contribution is 5.94. The highest BCUT2D eigenvalue weighted by Crippen LogP contribution is 2.27. The van der Waals surface area contributed by atoms with Crippen LogP contribution in [0.25, 0.3) is 0 Å². The van der Waals surface area contributed by atoms with Gasteiger partial charge in [0.25, 0.3) is 5.91 Å². The summed E-state index contributed by atoms with van der Waals surface area (Å²) in [4.78, 5) is 22.7. The Balaban J connectivity index is 1.24. The zero-order valence-corrected chi connectivity index (χ0v) is 15.5. The number of rotatable bonds is 7. The number of methoxy groups -OCH3 is 1. The van der Waals surface area contributed by atoms with Crippen molar-refractivity contribution < 1.29 is 18.8 Å². The lowest BCUT2D eigenvalue weighted by Crippen LogP contribution is -2.48. The number of aromatic nitrogens is 3. The minimum absolute atomic E-state index is 0.0499. The van der Waals surface area contributed by atoms with Gasteiger partial charge >= 0.3 is 0 Å². The molecule has 1 aliphatic carbocycles. The largest absolute Gasteiger partial charge is 0.481 e. The first kappa shape index (κ1) is 17.9. The number of carbonyl (C=O) groups is 1. The average Bonchev–Trinajstić information content (AvgIpc) is 3.33. The Kier molecular flexibility index (Phi) is 5.33. The molecule has 2 aromatic heterocycles. The maximum absolute atomic E-state index is 12.4. The van der Waals surface area contributed by atoms with Gasteiger partial charge < -0.3 is 18.9 Å². The van der Waals surface area contributed by atoms with E-state index in [9.17, 15) is 4.79 Å². The molecule has 0 aromatic carbocycles. The van der Waals surface area contributed by atoms with Crippen molar-refractivity contribution in [2.75, 3.05) is 26.8 Å². The van der Waals surface area contributed by atoms with Crippen molar-refractivity contribution in [3.05, 3.63) is 35.6 Å². The molecule has 8 nitrogen and oxygen atoms in total. The highest BCUT2D eigenvalue weighted by atomic mass is 16.5. The van der Waals surface area contributed by atoms with Crippen LogP contribution in [0.15, 0.2) is 22.9 Å². The van der Waals surface area contributed by atoms with Gasteiger partial charge in [-0.05, 0) is 18.9 Å². The van der Waals surface area contributed by atoms with E-state index in [1.165, 1.54) is 19.0 Å². The molecule has 0 bridgehead atoms. The van der Waals surface area contributed by atoms with Gasteiger partial charge in [-0.1, -0.05) is 18.0 Å². The molecule has 0 spiro atoms. The van der Waals surface area contributed by atoms with Gasteiger partial charge in [-0.3, -0.25) is 4.79 Å². The lowest BCUT2D eigenvalue weighted by molar-refractivity contribution is 0.0567. The topological polar surface area (TPSA) is 90.6 Å². The number of nitrogens with zero attached hydrogens (tertiary/aromatic N) is 4. The van der Waals surface area contributed by atoms with Crippen LogP contribution in [0.4, 0.5) is 0 Å². The first-order chi connectivity index (χ1) is 13.2. The van der Waals surface area contributed by atoms with Crippen LogP contribution in [0.3, 0.4) is 0 Å². The van der Waals surface area contributed by atoms with Gasteiger partial charge in [-0.2, -0.15) is 4.98 Å². The van der Waals surface area contributed by atoms with Crippen LogP contribution in [-0.4, -0.2) is 58.8 Å². The van der Waals surface area contributed by atoms with Gasteiger partial charge in [0.1, 0.15) is 0 Å². The van der Waals surface area contributed by atoms with Crippen LogP contribution in [-0.2, 0) is 11.2 Å². The summed E-state index contributed by atoms with van der Waals surface area (Å²) in [7, 11) is 1.55. The van der Waals surface area contributed by atoms with Crippen molar-refractivity contribution in [3.63, 3.8) is 0 Å². The van der Waals surface area contributed by atoms with E-state index in [1.807, 2.05) is 0 Å². The zero-order chi connectivity index (χ0) is 18.6. The predicted octanol–water partition coefficient (Wildman–Crippen LogP) is 2.21. The Morgan fingerprint density at radius 2 is 2.11 bits per heavy atom. The van der Waals surface area contributed by atoms with Crippen molar-refractivity contribution in [3.8, 4) is 5.88 Å². The number of carbonyl (C=O) groups excluding carboxylic acids is 1. The summed E-state index contributed by atoms with van der Waals surface area (Å²) in [5, 5.41) is 4.04. The fourth-order valence-electron chi connectivity index (χ4n) is 3.52. The molecule has 27 heavy (non-hydrogen) atoms. The summed E-state index contributed by atoms with van der Waals surface area (Å²) >= 11 is 0. The van der Waals surface area contributed by atoms with Crippen LogP contribution in [0, 0.1) is 0 Å². The van der Waals surface area contributed by atoms with Crippen LogP contribution in [0.2, 0.25) is 0 Å². The Morgan fingerprint density at radius 1 is 1.30 bits per heavy atom. The van der Waals surface area contributed by atoms with Crippen LogP contribution in [0.5, 0.6) is 5.88 Å². The Hall–Kier alpha value is -2.48. The summed E-state index contributed by atoms with van der Waals surface area (Å²) < 4.78 is 16.2. The molecule has 4 rings (SSSR count). The second kappa shape index (κ2) is 8.04. The molecule has 0 unspecified atom stereocenters. The second-order valence-electron chi connectivity index (χ2n) is 7.07. The van der Waals surface area contributed by atoms with E-state index in [0.29, 0.717) is 55.4 Å². The van der Waals surface area contributed by atoms with E-state index in [-0.39, 0.29) is 11.8 Å². The fourth-order valence-corrected chi connectivity index (χ4v) is 3.52. The van der Waals surface area contributed by atoms with E-state index < -0.39 is 0 Å². The Morgan fingerprint density at radius 3 is 2.81 bits per heavy atom. The molecule has 0 radical (unpaired) electrons. The molecule has 2 aromatic rings. The molecule has 0 N–H and O–H groups in total. The lowest BCUT2D eigenvalue weighted by atomic mass is 9.99. The first-order valence-electron chi connectivity index (χ1n) is 9.46. The van der Waals surface area contributed by atoms with Crippen LogP contribution < -0.4 is 4.74 Å². The first-order valence-corrected chi connectivity index (χ1v) is 9.46. The van der Waals surface area contributed by atoms with E-state index >= 15 is 0 Å². The molecule has 144 valence electrons. The SMILES string of the molecule is COc1ccc(C(=O)N2CC(c3nc(CCOC4CCCC4)no3)C2)cn1.